The van der Waals surface area contributed by atoms with Crippen molar-refractivity contribution in [3.63, 3.8) is 0 Å². The Labute approximate surface area is 206 Å². The van der Waals surface area contributed by atoms with Gasteiger partial charge in [0.25, 0.3) is 0 Å². The molecule has 0 spiro atoms. The Hall–Kier alpha value is -2.58. The number of aryl methyl sites for hydroxylation is 1. The van der Waals surface area contributed by atoms with Gasteiger partial charge in [-0.25, -0.2) is 17.8 Å². The molecule has 0 amide bonds. The fraction of sp³-hybridized carbons (Fsp3) is 0.591. The van der Waals surface area contributed by atoms with Crippen LogP contribution in [0.4, 0.5) is 23.5 Å². The van der Waals surface area contributed by atoms with E-state index in [1.54, 1.807) is 6.92 Å². The third-order valence-corrected chi connectivity index (χ3v) is 8.55. The minimum atomic E-state index is -4.80. The molecule has 2 aromatic rings. The first-order valence-electron chi connectivity index (χ1n) is 11.4. The van der Waals surface area contributed by atoms with E-state index in [4.69, 9.17) is 4.74 Å². The van der Waals surface area contributed by atoms with Gasteiger partial charge in [-0.3, -0.25) is 4.98 Å². The summed E-state index contributed by atoms with van der Waals surface area (Å²) in [6, 6.07) is 1.94. The highest BCUT2D eigenvalue weighted by molar-refractivity contribution is 7.89. The Morgan fingerprint density at radius 2 is 2.03 bits per heavy atom. The van der Waals surface area contributed by atoms with Crippen LogP contribution in [0.25, 0.3) is 0 Å². The topological polar surface area (TPSA) is 118 Å². The molecule has 2 N–H and O–H groups in total. The van der Waals surface area contributed by atoms with Crippen molar-refractivity contribution in [2.24, 2.45) is 0 Å². The molecule has 0 unspecified atom stereocenters. The Morgan fingerprint density at radius 1 is 1.28 bits per heavy atom. The Bertz CT molecular complexity index is 1210. The number of aliphatic hydroxyl groups is 1. The second-order valence-electron chi connectivity index (χ2n) is 9.27. The zero-order valence-corrected chi connectivity index (χ0v) is 20.5. The molecule has 4 atom stereocenters. The van der Waals surface area contributed by atoms with Gasteiger partial charge >= 0.3 is 6.18 Å². The van der Waals surface area contributed by atoms with Crippen LogP contribution in [0.2, 0.25) is 0 Å². The highest BCUT2D eigenvalue weighted by atomic mass is 32.2. The zero-order valence-electron chi connectivity index (χ0n) is 19.7. The van der Waals surface area contributed by atoms with E-state index in [9.17, 15) is 26.7 Å². The third-order valence-electron chi connectivity index (χ3n) is 6.55. The van der Waals surface area contributed by atoms with Gasteiger partial charge in [-0.05, 0) is 51.7 Å². The summed E-state index contributed by atoms with van der Waals surface area (Å²) in [5.74, 6) is -1.04. The number of nitrogens with zero attached hydrogens (tertiary/aromatic N) is 4. The fourth-order valence-electron chi connectivity index (χ4n) is 4.46. The van der Waals surface area contributed by atoms with Gasteiger partial charge < -0.3 is 15.2 Å². The van der Waals surface area contributed by atoms with Crippen LogP contribution in [-0.2, 0) is 16.2 Å². The van der Waals surface area contributed by atoms with Crippen molar-refractivity contribution < 1.29 is 35.8 Å². The van der Waals surface area contributed by atoms with E-state index in [-0.39, 0.29) is 23.8 Å². The lowest BCUT2D eigenvalue weighted by Gasteiger charge is -2.34. The number of hydrogen-bond acceptors (Lipinski definition) is 8. The number of aromatic nitrogens is 3. The molecule has 4 rings (SSSR count). The molecule has 1 aliphatic carbocycles. The zero-order chi connectivity index (χ0) is 26.3. The van der Waals surface area contributed by atoms with Crippen molar-refractivity contribution >= 4 is 16.0 Å². The van der Waals surface area contributed by atoms with Gasteiger partial charge in [0, 0.05) is 25.5 Å². The third kappa shape index (κ3) is 5.39. The van der Waals surface area contributed by atoms with Crippen LogP contribution in [0.15, 0.2) is 29.4 Å². The van der Waals surface area contributed by atoms with E-state index in [0.717, 1.165) is 4.31 Å². The number of hydrogen-bond donors (Lipinski definition) is 2. The Kier molecular flexibility index (Phi) is 7.14. The quantitative estimate of drug-likeness (QED) is 0.544. The van der Waals surface area contributed by atoms with E-state index in [2.05, 4.69) is 20.3 Å². The van der Waals surface area contributed by atoms with Crippen molar-refractivity contribution in [1.82, 2.24) is 19.3 Å². The average Bonchev–Trinajstić information content (AvgIpc) is 3.12. The van der Waals surface area contributed by atoms with Gasteiger partial charge in [0.15, 0.2) is 0 Å². The molecule has 2 fully saturated rings. The number of nitrogens with one attached hydrogen (secondary N) is 1. The lowest BCUT2D eigenvalue weighted by molar-refractivity contribution is -0.141. The lowest BCUT2D eigenvalue weighted by atomic mass is 10.0. The summed E-state index contributed by atoms with van der Waals surface area (Å²) in [5.41, 5.74) is -2.23. The number of ether oxygens (including phenoxy) is 1. The van der Waals surface area contributed by atoms with E-state index < -0.39 is 58.1 Å². The maximum Gasteiger partial charge on any atom is 0.423 e. The molecule has 1 saturated carbocycles. The second kappa shape index (κ2) is 9.71. The van der Waals surface area contributed by atoms with E-state index in [0.29, 0.717) is 31.2 Å². The molecule has 2 aliphatic rings. The van der Waals surface area contributed by atoms with Crippen LogP contribution < -0.4 is 10.1 Å². The molecule has 0 bridgehead atoms. The number of sulfonamides is 1. The summed E-state index contributed by atoms with van der Waals surface area (Å²) in [6.45, 7) is 2.55. The highest BCUT2D eigenvalue weighted by Gasteiger charge is 2.43. The van der Waals surface area contributed by atoms with Crippen LogP contribution in [0.3, 0.4) is 0 Å². The first-order valence-corrected chi connectivity index (χ1v) is 12.9. The summed E-state index contributed by atoms with van der Waals surface area (Å²) in [7, 11) is -3.97. The molecule has 9 nitrogen and oxygen atoms in total. The largest absolute Gasteiger partial charge is 0.471 e. The van der Waals surface area contributed by atoms with Crippen LogP contribution in [-0.4, -0.2) is 69.8 Å². The Morgan fingerprint density at radius 3 is 2.64 bits per heavy atom. The van der Waals surface area contributed by atoms with Gasteiger partial charge in [-0.2, -0.15) is 22.5 Å². The predicted molar refractivity (Wildman–Crippen MR) is 121 cm³/mol. The molecule has 1 saturated heterocycles. The van der Waals surface area contributed by atoms with Crippen molar-refractivity contribution in [3.05, 3.63) is 35.8 Å². The van der Waals surface area contributed by atoms with Crippen molar-refractivity contribution in [3.8, 4) is 5.88 Å². The minimum Gasteiger partial charge on any atom is -0.471 e. The molecule has 36 heavy (non-hydrogen) atoms. The standard InChI is InChI=1S/C22H27F4N5O4S/c1-13-17(5-4-9-27-13)36(33,34)31-10-7-16(15(23)12-31)29-20-28-11-14(22(24,25)26)19(30-20)35-18-6-3-8-21(18,2)32/h4-5,9,11,15-16,18,32H,3,6-8,10,12H2,1-2H3,(H,28,29,30)/t15-,16+,18-,21+/m1/s1. The van der Waals surface area contributed by atoms with Crippen LogP contribution in [0.1, 0.15) is 43.9 Å². The fourth-order valence-corrected chi connectivity index (χ4v) is 6.10. The molecule has 0 radical (unpaired) electrons. The number of halogens is 4. The van der Waals surface area contributed by atoms with Crippen molar-refractivity contribution in [1.29, 1.82) is 0 Å². The van der Waals surface area contributed by atoms with Crippen molar-refractivity contribution in [2.75, 3.05) is 18.4 Å². The second-order valence-corrected chi connectivity index (χ2v) is 11.2. The first kappa shape index (κ1) is 26.5. The summed E-state index contributed by atoms with van der Waals surface area (Å²) in [6.07, 6.45) is -4.03. The van der Waals surface area contributed by atoms with E-state index in [1.807, 2.05) is 0 Å². The average molecular weight is 534 g/mol. The van der Waals surface area contributed by atoms with Gasteiger partial charge in [0.1, 0.15) is 22.7 Å². The van der Waals surface area contributed by atoms with Crippen molar-refractivity contribution in [2.45, 2.75) is 74.5 Å². The maximum absolute atomic E-state index is 15.0. The molecule has 3 heterocycles. The summed E-state index contributed by atoms with van der Waals surface area (Å²) in [4.78, 5) is 11.5. The van der Waals surface area contributed by atoms with Gasteiger partial charge in [-0.15, -0.1) is 0 Å². The smallest absolute Gasteiger partial charge is 0.423 e. The lowest BCUT2D eigenvalue weighted by Crippen LogP contribution is -2.50. The van der Waals surface area contributed by atoms with Gasteiger partial charge in [-0.1, -0.05) is 0 Å². The number of pyridine rings is 1. The maximum atomic E-state index is 15.0. The monoisotopic (exact) mass is 533 g/mol. The molecule has 2 aromatic heterocycles. The summed E-state index contributed by atoms with van der Waals surface area (Å²) < 4.78 is 88.0. The van der Waals surface area contributed by atoms with E-state index >= 15 is 4.39 Å². The summed E-state index contributed by atoms with van der Waals surface area (Å²) >= 11 is 0. The molecular weight excluding hydrogens is 506 g/mol. The number of alkyl halides is 4. The minimum absolute atomic E-state index is 0.0146. The highest BCUT2D eigenvalue weighted by Crippen LogP contribution is 2.39. The van der Waals surface area contributed by atoms with Gasteiger partial charge in [0.2, 0.25) is 21.9 Å². The SMILES string of the molecule is Cc1ncccc1S(=O)(=O)N1CC[C@H](Nc2ncc(C(F)(F)F)c(O[C@@H]3CCC[C@]3(C)O)n2)[C@H](F)C1. The van der Waals surface area contributed by atoms with Gasteiger partial charge in [0.05, 0.1) is 17.3 Å². The first-order chi connectivity index (χ1) is 16.8. The number of anilines is 1. The van der Waals surface area contributed by atoms with Crippen LogP contribution in [0, 0.1) is 6.92 Å². The number of rotatable bonds is 6. The molecular formula is C22H27F4N5O4S. The molecule has 198 valence electrons. The number of piperidine rings is 1. The summed E-state index contributed by atoms with van der Waals surface area (Å²) in [5, 5.41) is 13.1. The van der Waals surface area contributed by atoms with E-state index in [1.165, 1.54) is 25.3 Å². The normalized spacial score (nSPS) is 27.7. The van der Waals surface area contributed by atoms with Crippen LogP contribution >= 0.6 is 0 Å². The molecule has 0 aromatic carbocycles. The predicted octanol–water partition coefficient (Wildman–Crippen LogP) is 3.09. The molecule has 14 heteroatoms. The molecule has 1 aliphatic heterocycles. The van der Waals surface area contributed by atoms with Crippen LogP contribution in [0.5, 0.6) is 5.88 Å². The Balaban J connectivity index is 1.50.